The Bertz CT molecular complexity index is 388. The fourth-order valence-corrected chi connectivity index (χ4v) is 2.25. The standard InChI is InChI=1S/C13H20N2O.C2H6/c1-9(2)15-5-4-10-7-13(16-3)12(14)6-11(10)8-15;1-2/h6-7,9H,4-5,8,14H2,1-3H3;1-2H3. The second-order valence-electron chi connectivity index (χ2n) is 4.68. The van der Waals surface area contributed by atoms with Crippen LogP contribution in [0.3, 0.4) is 0 Å². The van der Waals surface area contributed by atoms with Crippen molar-refractivity contribution in [1.82, 2.24) is 4.90 Å². The SMILES string of the molecule is CC.COc1cc2c(cc1N)CN(C(C)C)CC2. The zero-order chi connectivity index (χ0) is 13.7. The number of hydrogen-bond acceptors (Lipinski definition) is 3. The number of ether oxygens (including phenoxy) is 1. The molecule has 0 saturated carbocycles. The first kappa shape index (κ1) is 14.8. The summed E-state index contributed by atoms with van der Waals surface area (Å²) in [7, 11) is 1.67. The zero-order valence-corrected chi connectivity index (χ0v) is 12.3. The van der Waals surface area contributed by atoms with Crippen LogP contribution in [-0.4, -0.2) is 24.6 Å². The van der Waals surface area contributed by atoms with Crippen molar-refractivity contribution in [2.45, 2.75) is 46.7 Å². The van der Waals surface area contributed by atoms with Gasteiger partial charge in [-0.1, -0.05) is 13.8 Å². The lowest BCUT2D eigenvalue weighted by Gasteiger charge is -2.32. The lowest BCUT2D eigenvalue weighted by atomic mass is 9.97. The molecule has 0 radical (unpaired) electrons. The van der Waals surface area contributed by atoms with Gasteiger partial charge in [0.2, 0.25) is 0 Å². The smallest absolute Gasteiger partial charge is 0.142 e. The molecule has 0 atom stereocenters. The van der Waals surface area contributed by atoms with E-state index in [1.165, 1.54) is 11.1 Å². The van der Waals surface area contributed by atoms with Gasteiger partial charge in [-0.3, -0.25) is 4.90 Å². The molecule has 0 spiro atoms. The van der Waals surface area contributed by atoms with E-state index in [4.69, 9.17) is 10.5 Å². The summed E-state index contributed by atoms with van der Waals surface area (Å²) >= 11 is 0. The third-order valence-electron chi connectivity index (χ3n) is 3.32. The number of anilines is 1. The molecule has 0 saturated heterocycles. The fourth-order valence-electron chi connectivity index (χ4n) is 2.25. The van der Waals surface area contributed by atoms with Crippen LogP contribution in [-0.2, 0) is 13.0 Å². The van der Waals surface area contributed by atoms with E-state index in [2.05, 4.69) is 30.9 Å². The second-order valence-corrected chi connectivity index (χ2v) is 4.68. The number of rotatable bonds is 2. The highest BCUT2D eigenvalue weighted by molar-refractivity contribution is 5.57. The molecule has 102 valence electrons. The van der Waals surface area contributed by atoms with Crippen molar-refractivity contribution in [3.05, 3.63) is 23.3 Å². The molecule has 0 aliphatic carbocycles. The van der Waals surface area contributed by atoms with Crippen molar-refractivity contribution in [2.75, 3.05) is 19.4 Å². The Kier molecular flexibility index (Phi) is 5.48. The van der Waals surface area contributed by atoms with Crippen LogP contribution in [0.1, 0.15) is 38.8 Å². The average molecular weight is 250 g/mol. The summed E-state index contributed by atoms with van der Waals surface area (Å²) in [6.07, 6.45) is 1.09. The quantitative estimate of drug-likeness (QED) is 0.820. The molecular formula is C15H26N2O. The van der Waals surface area contributed by atoms with E-state index in [9.17, 15) is 0 Å². The lowest BCUT2D eigenvalue weighted by Crippen LogP contribution is -2.35. The number of fused-ring (bicyclic) bond motifs is 1. The first-order chi connectivity index (χ1) is 8.61. The van der Waals surface area contributed by atoms with E-state index in [1.54, 1.807) is 7.11 Å². The summed E-state index contributed by atoms with van der Waals surface area (Å²) < 4.78 is 5.25. The third-order valence-corrected chi connectivity index (χ3v) is 3.32. The fraction of sp³-hybridized carbons (Fsp3) is 0.600. The second kappa shape index (κ2) is 6.64. The summed E-state index contributed by atoms with van der Waals surface area (Å²) in [5.41, 5.74) is 9.40. The number of nitrogens with two attached hydrogens (primary N) is 1. The number of nitrogen functional groups attached to an aromatic ring is 1. The van der Waals surface area contributed by atoms with Crippen LogP contribution in [0.5, 0.6) is 5.75 Å². The van der Waals surface area contributed by atoms with Crippen LogP contribution in [0.4, 0.5) is 5.69 Å². The van der Waals surface area contributed by atoms with Crippen LogP contribution < -0.4 is 10.5 Å². The van der Waals surface area contributed by atoms with E-state index in [0.29, 0.717) is 6.04 Å². The molecule has 1 aliphatic heterocycles. The predicted molar refractivity (Wildman–Crippen MR) is 78.0 cm³/mol. The monoisotopic (exact) mass is 250 g/mol. The molecule has 3 nitrogen and oxygen atoms in total. The molecule has 0 bridgehead atoms. The third kappa shape index (κ3) is 3.16. The summed E-state index contributed by atoms with van der Waals surface area (Å²) in [5.74, 6) is 0.803. The topological polar surface area (TPSA) is 38.5 Å². The van der Waals surface area contributed by atoms with Gasteiger partial charge in [0.25, 0.3) is 0 Å². The van der Waals surface area contributed by atoms with Crippen LogP contribution in [0.2, 0.25) is 0 Å². The Morgan fingerprint density at radius 1 is 1.22 bits per heavy atom. The normalized spacial score (nSPS) is 14.8. The van der Waals surface area contributed by atoms with Crippen molar-refractivity contribution >= 4 is 5.69 Å². The van der Waals surface area contributed by atoms with Gasteiger partial charge in [0.1, 0.15) is 5.75 Å². The van der Waals surface area contributed by atoms with Crippen LogP contribution in [0.25, 0.3) is 0 Å². The summed E-state index contributed by atoms with van der Waals surface area (Å²) in [5, 5.41) is 0. The van der Waals surface area contributed by atoms with E-state index in [0.717, 1.165) is 30.9 Å². The Balaban J connectivity index is 0.000000771. The molecule has 1 aliphatic rings. The highest BCUT2D eigenvalue weighted by Gasteiger charge is 2.19. The molecule has 0 fully saturated rings. The summed E-state index contributed by atoms with van der Waals surface area (Å²) in [6.45, 7) is 10.6. The van der Waals surface area contributed by atoms with E-state index in [-0.39, 0.29) is 0 Å². The van der Waals surface area contributed by atoms with Crippen LogP contribution in [0.15, 0.2) is 12.1 Å². The molecule has 0 aromatic heterocycles. The molecule has 2 N–H and O–H groups in total. The van der Waals surface area contributed by atoms with E-state index < -0.39 is 0 Å². The van der Waals surface area contributed by atoms with Crippen molar-refractivity contribution < 1.29 is 4.74 Å². The van der Waals surface area contributed by atoms with Gasteiger partial charge in [-0.25, -0.2) is 0 Å². The van der Waals surface area contributed by atoms with Crippen molar-refractivity contribution in [2.24, 2.45) is 0 Å². The maximum Gasteiger partial charge on any atom is 0.142 e. The van der Waals surface area contributed by atoms with Gasteiger partial charge in [-0.05, 0) is 43.5 Å². The number of methoxy groups -OCH3 is 1. The Morgan fingerprint density at radius 2 is 1.89 bits per heavy atom. The van der Waals surface area contributed by atoms with E-state index in [1.807, 2.05) is 13.8 Å². The van der Waals surface area contributed by atoms with Crippen LogP contribution in [0, 0.1) is 0 Å². The van der Waals surface area contributed by atoms with Gasteiger partial charge in [0, 0.05) is 19.1 Å². The molecule has 1 aromatic rings. The van der Waals surface area contributed by atoms with Gasteiger partial charge in [0.15, 0.2) is 0 Å². The molecule has 0 amide bonds. The minimum absolute atomic E-state index is 0.594. The molecule has 1 heterocycles. The number of nitrogens with zero attached hydrogens (tertiary/aromatic N) is 1. The van der Waals surface area contributed by atoms with Gasteiger partial charge in [-0.2, -0.15) is 0 Å². The van der Waals surface area contributed by atoms with Gasteiger partial charge in [-0.15, -0.1) is 0 Å². The minimum Gasteiger partial charge on any atom is -0.495 e. The number of benzene rings is 1. The predicted octanol–water partition coefficient (Wildman–Crippen LogP) is 3.07. The maximum absolute atomic E-state index is 5.93. The highest BCUT2D eigenvalue weighted by atomic mass is 16.5. The largest absolute Gasteiger partial charge is 0.495 e. The van der Waals surface area contributed by atoms with Crippen LogP contribution >= 0.6 is 0 Å². The maximum atomic E-state index is 5.93. The van der Waals surface area contributed by atoms with Crippen molar-refractivity contribution in [3.63, 3.8) is 0 Å². The molecule has 2 rings (SSSR count). The number of hydrogen-bond donors (Lipinski definition) is 1. The molecule has 1 aromatic carbocycles. The minimum atomic E-state index is 0.594. The zero-order valence-electron chi connectivity index (χ0n) is 12.3. The average Bonchev–Trinajstić information content (AvgIpc) is 2.39. The Morgan fingerprint density at radius 3 is 2.44 bits per heavy atom. The van der Waals surface area contributed by atoms with Crippen molar-refractivity contribution in [3.8, 4) is 5.75 Å². The summed E-state index contributed by atoms with van der Waals surface area (Å²) in [4.78, 5) is 2.47. The van der Waals surface area contributed by atoms with Gasteiger partial charge >= 0.3 is 0 Å². The van der Waals surface area contributed by atoms with Gasteiger partial charge < -0.3 is 10.5 Å². The van der Waals surface area contributed by atoms with E-state index >= 15 is 0 Å². The summed E-state index contributed by atoms with van der Waals surface area (Å²) in [6, 6.07) is 4.74. The lowest BCUT2D eigenvalue weighted by molar-refractivity contribution is 0.203. The molecule has 18 heavy (non-hydrogen) atoms. The first-order valence-electron chi connectivity index (χ1n) is 6.81. The highest BCUT2D eigenvalue weighted by Crippen LogP contribution is 2.29. The van der Waals surface area contributed by atoms with Gasteiger partial charge in [0.05, 0.1) is 12.8 Å². The Hall–Kier alpha value is -1.22. The molecule has 0 unspecified atom stereocenters. The molecular weight excluding hydrogens is 224 g/mol. The Labute approximate surface area is 111 Å². The van der Waals surface area contributed by atoms with Crippen molar-refractivity contribution in [1.29, 1.82) is 0 Å². The molecule has 3 heteroatoms. The first-order valence-corrected chi connectivity index (χ1v) is 6.81.